The lowest BCUT2D eigenvalue weighted by Gasteiger charge is -2.07. The van der Waals surface area contributed by atoms with Crippen molar-refractivity contribution in [1.82, 2.24) is 0 Å². The van der Waals surface area contributed by atoms with Crippen molar-refractivity contribution in [3.05, 3.63) is 65.4 Å². The number of hydrogen-bond acceptors (Lipinski definition) is 1. The third-order valence-corrected chi connectivity index (χ3v) is 3.01. The fourth-order valence-corrected chi connectivity index (χ4v) is 2.26. The fraction of sp³-hybridized carbons (Fsp3) is 0.0667. The van der Waals surface area contributed by atoms with Gasteiger partial charge in [-0.05, 0) is 28.3 Å². The van der Waals surface area contributed by atoms with Crippen LogP contribution in [0.2, 0.25) is 0 Å². The maximum absolute atomic E-state index is 5.89. The highest BCUT2D eigenvalue weighted by Crippen LogP contribution is 2.32. The smallest absolute Gasteiger partial charge is 0.0132 e. The molecular weight excluding hydrogens is 194 g/mol. The molecule has 3 rings (SSSR count). The van der Waals surface area contributed by atoms with Crippen molar-refractivity contribution < 1.29 is 0 Å². The highest BCUT2D eigenvalue weighted by atomic mass is 14.6. The Labute approximate surface area is 95.2 Å². The van der Waals surface area contributed by atoms with E-state index in [9.17, 15) is 0 Å². The van der Waals surface area contributed by atoms with E-state index in [2.05, 4.69) is 48.5 Å². The molecule has 0 aliphatic heterocycles. The first-order valence-electron chi connectivity index (χ1n) is 5.48. The van der Waals surface area contributed by atoms with Gasteiger partial charge < -0.3 is 5.73 Å². The zero-order valence-electron chi connectivity index (χ0n) is 8.98. The second-order valence-corrected chi connectivity index (χ2v) is 4.14. The van der Waals surface area contributed by atoms with E-state index in [0.717, 1.165) is 12.1 Å². The van der Waals surface area contributed by atoms with Crippen LogP contribution in [-0.2, 0) is 6.42 Å². The number of allylic oxidation sites excluding steroid dienone is 1. The highest BCUT2D eigenvalue weighted by Gasteiger charge is 2.14. The Kier molecular flexibility index (Phi) is 2.03. The zero-order valence-corrected chi connectivity index (χ0v) is 8.98. The first kappa shape index (κ1) is 9.22. The van der Waals surface area contributed by atoms with Crippen LogP contribution in [-0.4, -0.2) is 0 Å². The molecule has 0 unspecified atom stereocenters. The van der Waals surface area contributed by atoms with E-state index < -0.39 is 0 Å². The van der Waals surface area contributed by atoms with Crippen LogP contribution in [0.15, 0.2) is 54.2 Å². The summed E-state index contributed by atoms with van der Waals surface area (Å²) in [7, 11) is 0. The Morgan fingerprint density at radius 2 is 1.69 bits per heavy atom. The molecule has 16 heavy (non-hydrogen) atoms. The molecule has 0 saturated heterocycles. The summed E-state index contributed by atoms with van der Waals surface area (Å²) in [6, 6.07) is 16.9. The molecule has 1 heteroatoms. The van der Waals surface area contributed by atoms with Crippen molar-refractivity contribution in [2.45, 2.75) is 6.42 Å². The van der Waals surface area contributed by atoms with E-state index in [1.165, 1.54) is 22.3 Å². The van der Waals surface area contributed by atoms with Crippen LogP contribution in [0, 0.1) is 0 Å². The van der Waals surface area contributed by atoms with Crippen molar-refractivity contribution in [2.75, 3.05) is 0 Å². The van der Waals surface area contributed by atoms with Crippen LogP contribution in [0.25, 0.3) is 17.2 Å². The van der Waals surface area contributed by atoms with Gasteiger partial charge in [0.15, 0.2) is 0 Å². The van der Waals surface area contributed by atoms with Gasteiger partial charge in [-0.25, -0.2) is 0 Å². The number of nitrogens with two attached hydrogens (primary N) is 1. The standard InChI is InChI=1S/C15H13N/c16-13-9-12-7-4-8-14(15(12)10-13)11-5-2-1-3-6-11/h1-8,10H,9,16H2. The molecule has 1 aliphatic rings. The van der Waals surface area contributed by atoms with Crippen LogP contribution in [0.3, 0.4) is 0 Å². The summed E-state index contributed by atoms with van der Waals surface area (Å²) in [4.78, 5) is 0. The van der Waals surface area contributed by atoms with Crippen molar-refractivity contribution in [1.29, 1.82) is 0 Å². The van der Waals surface area contributed by atoms with Gasteiger partial charge in [-0.3, -0.25) is 0 Å². The van der Waals surface area contributed by atoms with Gasteiger partial charge in [0, 0.05) is 12.1 Å². The lowest BCUT2D eigenvalue weighted by molar-refractivity contribution is 1.16. The van der Waals surface area contributed by atoms with Crippen molar-refractivity contribution in [2.24, 2.45) is 5.73 Å². The molecule has 0 spiro atoms. The summed E-state index contributed by atoms with van der Waals surface area (Å²) >= 11 is 0. The molecule has 2 aromatic carbocycles. The summed E-state index contributed by atoms with van der Waals surface area (Å²) in [5, 5.41) is 0. The molecule has 1 aliphatic carbocycles. The van der Waals surface area contributed by atoms with Gasteiger partial charge in [-0.2, -0.15) is 0 Å². The number of fused-ring (bicyclic) bond motifs is 1. The number of benzene rings is 2. The molecule has 0 bridgehead atoms. The Morgan fingerprint density at radius 3 is 2.50 bits per heavy atom. The second-order valence-electron chi connectivity index (χ2n) is 4.14. The van der Waals surface area contributed by atoms with E-state index >= 15 is 0 Å². The van der Waals surface area contributed by atoms with Crippen molar-refractivity contribution >= 4 is 6.08 Å². The molecule has 2 aromatic rings. The lowest BCUT2D eigenvalue weighted by Crippen LogP contribution is -1.94. The average molecular weight is 207 g/mol. The van der Waals surface area contributed by atoms with Crippen molar-refractivity contribution in [3.8, 4) is 11.1 Å². The van der Waals surface area contributed by atoms with Gasteiger partial charge in [0.2, 0.25) is 0 Å². The maximum Gasteiger partial charge on any atom is 0.0132 e. The van der Waals surface area contributed by atoms with E-state index in [1.54, 1.807) is 0 Å². The minimum absolute atomic E-state index is 0.885. The van der Waals surface area contributed by atoms with Gasteiger partial charge in [0.25, 0.3) is 0 Å². The molecule has 0 heterocycles. The van der Waals surface area contributed by atoms with Gasteiger partial charge in [0.05, 0.1) is 0 Å². The second kappa shape index (κ2) is 3.53. The topological polar surface area (TPSA) is 26.0 Å². The van der Waals surface area contributed by atoms with Crippen LogP contribution in [0.1, 0.15) is 11.1 Å². The maximum atomic E-state index is 5.89. The Morgan fingerprint density at radius 1 is 0.875 bits per heavy atom. The van der Waals surface area contributed by atoms with E-state index in [-0.39, 0.29) is 0 Å². The molecule has 0 aromatic heterocycles. The molecule has 0 saturated carbocycles. The minimum atomic E-state index is 0.885. The molecular formula is C15H13N. The van der Waals surface area contributed by atoms with Gasteiger partial charge in [-0.15, -0.1) is 0 Å². The summed E-state index contributed by atoms with van der Waals surface area (Å²) in [6.07, 6.45) is 2.98. The minimum Gasteiger partial charge on any atom is -0.402 e. The third kappa shape index (κ3) is 1.41. The largest absolute Gasteiger partial charge is 0.402 e. The summed E-state index contributed by atoms with van der Waals surface area (Å²) < 4.78 is 0. The first-order chi connectivity index (χ1) is 7.84. The fourth-order valence-electron chi connectivity index (χ4n) is 2.26. The summed E-state index contributed by atoms with van der Waals surface area (Å²) in [5.41, 5.74) is 12.0. The van der Waals surface area contributed by atoms with Crippen LogP contribution < -0.4 is 5.73 Å². The highest BCUT2D eigenvalue weighted by molar-refractivity contribution is 5.80. The predicted molar refractivity (Wildman–Crippen MR) is 67.7 cm³/mol. The number of hydrogen-bond donors (Lipinski definition) is 1. The molecule has 0 amide bonds. The zero-order chi connectivity index (χ0) is 11.0. The molecule has 0 fully saturated rings. The Bertz CT molecular complexity index is 553. The lowest BCUT2D eigenvalue weighted by atomic mass is 9.97. The van der Waals surface area contributed by atoms with Crippen molar-refractivity contribution in [3.63, 3.8) is 0 Å². The quantitative estimate of drug-likeness (QED) is 0.763. The van der Waals surface area contributed by atoms with Gasteiger partial charge in [-0.1, -0.05) is 48.5 Å². The number of rotatable bonds is 1. The van der Waals surface area contributed by atoms with Gasteiger partial charge >= 0.3 is 0 Å². The van der Waals surface area contributed by atoms with E-state index in [4.69, 9.17) is 5.73 Å². The average Bonchev–Trinajstić information content (AvgIpc) is 2.70. The van der Waals surface area contributed by atoms with E-state index in [0.29, 0.717) is 0 Å². The third-order valence-electron chi connectivity index (χ3n) is 3.01. The van der Waals surface area contributed by atoms with E-state index in [1.807, 2.05) is 6.07 Å². The van der Waals surface area contributed by atoms with Crippen LogP contribution >= 0.6 is 0 Å². The van der Waals surface area contributed by atoms with Crippen LogP contribution in [0.4, 0.5) is 0 Å². The molecule has 0 atom stereocenters. The molecule has 0 radical (unpaired) electrons. The molecule has 78 valence electrons. The monoisotopic (exact) mass is 207 g/mol. The summed E-state index contributed by atoms with van der Waals surface area (Å²) in [6.45, 7) is 0. The summed E-state index contributed by atoms with van der Waals surface area (Å²) in [5.74, 6) is 0. The van der Waals surface area contributed by atoms with Crippen LogP contribution in [0.5, 0.6) is 0 Å². The SMILES string of the molecule is NC1=Cc2c(cccc2-c2ccccc2)C1. The normalized spacial score (nSPS) is 13.4. The molecule has 1 nitrogen and oxygen atoms in total. The first-order valence-corrected chi connectivity index (χ1v) is 5.48. The molecule has 2 N–H and O–H groups in total. The Balaban J connectivity index is 2.20. The predicted octanol–water partition coefficient (Wildman–Crippen LogP) is 3.21. The Hall–Kier alpha value is -2.02. The van der Waals surface area contributed by atoms with Gasteiger partial charge in [0.1, 0.15) is 0 Å².